The van der Waals surface area contributed by atoms with Crippen LogP contribution in [0.1, 0.15) is 6.42 Å². The summed E-state index contributed by atoms with van der Waals surface area (Å²) in [7, 11) is 0. The van der Waals surface area contributed by atoms with Crippen LogP contribution in [-0.2, 0) is 4.79 Å². The van der Waals surface area contributed by atoms with E-state index >= 15 is 0 Å². The summed E-state index contributed by atoms with van der Waals surface area (Å²) >= 11 is 0. The zero-order valence-corrected chi connectivity index (χ0v) is 5.81. The lowest BCUT2D eigenvalue weighted by molar-refractivity contribution is -0.157. The Morgan fingerprint density at radius 1 is 1.64 bits per heavy atom. The number of nitrogens with one attached hydrogen (secondary N) is 1. The SMILES string of the molecule is O=C(O)[C@]1(C(F)F)CCNC1. The van der Waals surface area contributed by atoms with Crippen molar-refractivity contribution in [3.8, 4) is 0 Å². The van der Waals surface area contributed by atoms with Gasteiger partial charge in [0.15, 0.2) is 0 Å². The summed E-state index contributed by atoms with van der Waals surface area (Å²) in [6.45, 7) is 0.233. The summed E-state index contributed by atoms with van der Waals surface area (Å²) in [4.78, 5) is 10.4. The fourth-order valence-electron chi connectivity index (χ4n) is 1.17. The van der Waals surface area contributed by atoms with E-state index in [0.29, 0.717) is 6.54 Å². The van der Waals surface area contributed by atoms with Gasteiger partial charge in [-0.2, -0.15) is 0 Å². The van der Waals surface area contributed by atoms with Crippen molar-refractivity contribution in [2.75, 3.05) is 13.1 Å². The molecular weight excluding hydrogens is 156 g/mol. The molecule has 0 radical (unpaired) electrons. The zero-order valence-electron chi connectivity index (χ0n) is 5.81. The molecule has 0 spiro atoms. The van der Waals surface area contributed by atoms with Crippen molar-refractivity contribution < 1.29 is 18.7 Å². The molecule has 0 unspecified atom stereocenters. The van der Waals surface area contributed by atoms with Gasteiger partial charge in [0.25, 0.3) is 6.43 Å². The van der Waals surface area contributed by atoms with E-state index in [1.807, 2.05) is 0 Å². The molecule has 1 heterocycles. The highest BCUT2D eigenvalue weighted by atomic mass is 19.3. The van der Waals surface area contributed by atoms with Gasteiger partial charge in [-0.05, 0) is 13.0 Å². The Bertz CT molecular complexity index is 166. The summed E-state index contributed by atoms with van der Waals surface area (Å²) in [5.41, 5.74) is -1.83. The van der Waals surface area contributed by atoms with Crippen LogP contribution in [0, 0.1) is 5.41 Å². The minimum atomic E-state index is -2.78. The first-order chi connectivity index (χ1) is 5.09. The van der Waals surface area contributed by atoms with E-state index in [-0.39, 0.29) is 13.0 Å². The number of hydrogen-bond donors (Lipinski definition) is 2. The fraction of sp³-hybridized carbons (Fsp3) is 0.833. The summed E-state index contributed by atoms with van der Waals surface area (Å²) in [5.74, 6) is -1.41. The van der Waals surface area contributed by atoms with Gasteiger partial charge in [-0.15, -0.1) is 0 Å². The second kappa shape index (κ2) is 2.73. The average molecular weight is 165 g/mol. The summed E-state index contributed by atoms with van der Waals surface area (Å²) in [6, 6.07) is 0. The zero-order chi connectivity index (χ0) is 8.48. The Morgan fingerprint density at radius 2 is 2.27 bits per heavy atom. The van der Waals surface area contributed by atoms with Crippen molar-refractivity contribution in [1.82, 2.24) is 5.32 Å². The molecule has 2 N–H and O–H groups in total. The molecular formula is C6H9F2NO2. The number of hydrogen-bond acceptors (Lipinski definition) is 2. The molecule has 3 nitrogen and oxygen atoms in total. The Morgan fingerprint density at radius 3 is 2.45 bits per heavy atom. The van der Waals surface area contributed by atoms with Crippen LogP contribution >= 0.6 is 0 Å². The second-order valence-corrected chi connectivity index (χ2v) is 2.69. The molecule has 0 saturated carbocycles. The van der Waals surface area contributed by atoms with Crippen molar-refractivity contribution in [1.29, 1.82) is 0 Å². The van der Waals surface area contributed by atoms with E-state index < -0.39 is 17.8 Å². The van der Waals surface area contributed by atoms with Crippen LogP contribution in [-0.4, -0.2) is 30.6 Å². The van der Waals surface area contributed by atoms with Crippen molar-refractivity contribution in [2.45, 2.75) is 12.8 Å². The first-order valence-corrected chi connectivity index (χ1v) is 3.32. The molecule has 0 aromatic rings. The molecule has 5 heteroatoms. The number of halogens is 2. The fourth-order valence-corrected chi connectivity index (χ4v) is 1.17. The van der Waals surface area contributed by atoms with Gasteiger partial charge in [0.05, 0.1) is 0 Å². The van der Waals surface area contributed by atoms with Crippen LogP contribution in [0.5, 0.6) is 0 Å². The van der Waals surface area contributed by atoms with Gasteiger partial charge in [-0.3, -0.25) is 4.79 Å². The maximum atomic E-state index is 12.2. The highest BCUT2D eigenvalue weighted by Gasteiger charge is 2.49. The molecule has 0 aromatic carbocycles. The molecule has 0 bridgehead atoms. The minimum Gasteiger partial charge on any atom is -0.481 e. The Balaban J connectivity index is 2.79. The number of carboxylic acids is 1. The summed E-state index contributed by atoms with van der Waals surface area (Å²) in [6.07, 6.45) is -2.77. The van der Waals surface area contributed by atoms with Gasteiger partial charge in [0.1, 0.15) is 5.41 Å². The van der Waals surface area contributed by atoms with Crippen molar-refractivity contribution in [3.63, 3.8) is 0 Å². The maximum Gasteiger partial charge on any atom is 0.316 e. The van der Waals surface area contributed by atoms with E-state index in [9.17, 15) is 13.6 Å². The van der Waals surface area contributed by atoms with Gasteiger partial charge in [0, 0.05) is 6.54 Å². The maximum absolute atomic E-state index is 12.2. The molecule has 64 valence electrons. The third kappa shape index (κ3) is 1.20. The van der Waals surface area contributed by atoms with Crippen LogP contribution in [0.25, 0.3) is 0 Å². The normalized spacial score (nSPS) is 31.2. The lowest BCUT2D eigenvalue weighted by Gasteiger charge is -2.20. The van der Waals surface area contributed by atoms with Gasteiger partial charge < -0.3 is 10.4 Å². The first-order valence-electron chi connectivity index (χ1n) is 3.32. The van der Waals surface area contributed by atoms with E-state index in [0.717, 1.165) is 0 Å². The smallest absolute Gasteiger partial charge is 0.316 e. The van der Waals surface area contributed by atoms with Crippen LogP contribution < -0.4 is 5.32 Å². The molecule has 0 amide bonds. The van der Waals surface area contributed by atoms with E-state index in [2.05, 4.69) is 5.32 Å². The summed E-state index contributed by atoms with van der Waals surface area (Å²) < 4.78 is 24.4. The second-order valence-electron chi connectivity index (χ2n) is 2.69. The topological polar surface area (TPSA) is 49.3 Å². The molecule has 1 aliphatic rings. The Hall–Kier alpha value is -0.710. The van der Waals surface area contributed by atoms with Crippen molar-refractivity contribution in [2.24, 2.45) is 5.41 Å². The quantitative estimate of drug-likeness (QED) is 0.619. The number of carbonyl (C=O) groups is 1. The molecule has 11 heavy (non-hydrogen) atoms. The molecule has 1 atom stereocenters. The predicted molar refractivity (Wildman–Crippen MR) is 33.6 cm³/mol. The van der Waals surface area contributed by atoms with Gasteiger partial charge in [0.2, 0.25) is 0 Å². The van der Waals surface area contributed by atoms with Crippen LogP contribution in [0.4, 0.5) is 8.78 Å². The number of alkyl halides is 2. The molecule has 1 aliphatic heterocycles. The molecule has 0 aliphatic carbocycles. The third-order valence-electron chi connectivity index (χ3n) is 2.03. The number of rotatable bonds is 2. The lowest BCUT2D eigenvalue weighted by atomic mass is 9.88. The van der Waals surface area contributed by atoms with E-state index in [4.69, 9.17) is 5.11 Å². The average Bonchev–Trinajstić information content (AvgIpc) is 2.34. The molecule has 1 fully saturated rings. The van der Waals surface area contributed by atoms with Gasteiger partial charge >= 0.3 is 5.97 Å². The van der Waals surface area contributed by atoms with Crippen molar-refractivity contribution in [3.05, 3.63) is 0 Å². The molecule has 1 saturated heterocycles. The van der Waals surface area contributed by atoms with Crippen LogP contribution in [0.15, 0.2) is 0 Å². The van der Waals surface area contributed by atoms with Crippen LogP contribution in [0.3, 0.4) is 0 Å². The van der Waals surface area contributed by atoms with Gasteiger partial charge in [-0.25, -0.2) is 8.78 Å². The molecule has 0 aromatic heterocycles. The molecule has 1 rings (SSSR count). The highest BCUT2D eigenvalue weighted by molar-refractivity contribution is 5.76. The Labute approximate surface area is 62.4 Å². The highest BCUT2D eigenvalue weighted by Crippen LogP contribution is 2.32. The standard InChI is InChI=1S/C6H9F2NO2/c7-4(8)6(5(10)11)1-2-9-3-6/h4,9H,1-3H2,(H,10,11)/t6-/m1/s1. The van der Waals surface area contributed by atoms with E-state index in [1.165, 1.54) is 0 Å². The largest absolute Gasteiger partial charge is 0.481 e. The number of aliphatic carboxylic acids is 1. The van der Waals surface area contributed by atoms with Gasteiger partial charge in [-0.1, -0.05) is 0 Å². The van der Waals surface area contributed by atoms with Crippen molar-refractivity contribution >= 4 is 5.97 Å². The first kappa shape index (κ1) is 8.39. The monoisotopic (exact) mass is 165 g/mol. The van der Waals surface area contributed by atoms with Crippen LogP contribution in [0.2, 0.25) is 0 Å². The predicted octanol–water partition coefficient (Wildman–Crippen LogP) is 0.316. The number of carboxylic acid groups (broad SMARTS) is 1. The minimum absolute atomic E-state index is 0.0139. The summed E-state index contributed by atoms with van der Waals surface area (Å²) in [5, 5.41) is 11.1. The third-order valence-corrected chi connectivity index (χ3v) is 2.03. The lowest BCUT2D eigenvalue weighted by Crippen LogP contribution is -2.40. The van der Waals surface area contributed by atoms with E-state index in [1.54, 1.807) is 0 Å². The Kier molecular flexibility index (Phi) is 2.08.